The molecule has 82 valence electrons. The highest BCUT2D eigenvalue weighted by molar-refractivity contribution is 5.37. The van der Waals surface area contributed by atoms with Crippen molar-refractivity contribution in [2.75, 3.05) is 13.2 Å². The van der Waals surface area contributed by atoms with Crippen molar-refractivity contribution in [3.63, 3.8) is 0 Å². The van der Waals surface area contributed by atoms with Crippen LogP contribution in [0.2, 0.25) is 0 Å². The van der Waals surface area contributed by atoms with E-state index in [1.165, 1.54) is 5.56 Å². The molecule has 0 saturated heterocycles. The number of nitrogens with two attached hydrogens (primary N) is 1. The molecule has 0 bridgehead atoms. The monoisotopic (exact) mass is 207 g/mol. The largest absolute Gasteiger partial charge is 0.487 e. The van der Waals surface area contributed by atoms with E-state index >= 15 is 0 Å². The number of hydrogen-bond acceptors (Lipinski definition) is 3. The molecule has 0 amide bonds. The van der Waals surface area contributed by atoms with E-state index in [4.69, 9.17) is 15.2 Å². The van der Waals surface area contributed by atoms with E-state index in [0.717, 1.165) is 12.2 Å². The minimum atomic E-state index is 0.0981. The summed E-state index contributed by atoms with van der Waals surface area (Å²) < 4.78 is 11.4. The molecule has 0 spiro atoms. The number of para-hydroxylation sites is 1. The first-order chi connectivity index (χ1) is 7.31. The lowest BCUT2D eigenvalue weighted by molar-refractivity contribution is -0.00243. The van der Waals surface area contributed by atoms with Crippen LogP contribution in [0.3, 0.4) is 0 Å². The fourth-order valence-corrected chi connectivity index (χ4v) is 1.83. The maximum absolute atomic E-state index is 5.80. The van der Waals surface area contributed by atoms with E-state index in [0.29, 0.717) is 13.2 Å². The van der Waals surface area contributed by atoms with Crippen LogP contribution in [-0.4, -0.2) is 25.4 Å². The number of benzene rings is 1. The van der Waals surface area contributed by atoms with E-state index in [1.807, 2.05) is 25.1 Å². The fraction of sp³-hybridized carbons (Fsp3) is 0.500. The van der Waals surface area contributed by atoms with Gasteiger partial charge >= 0.3 is 0 Å². The Balaban J connectivity index is 1.94. The third-order valence-corrected chi connectivity index (χ3v) is 2.69. The quantitative estimate of drug-likeness (QED) is 0.810. The lowest BCUT2D eigenvalue weighted by Gasteiger charge is -2.19. The molecule has 15 heavy (non-hydrogen) atoms. The van der Waals surface area contributed by atoms with Crippen LogP contribution >= 0.6 is 0 Å². The minimum Gasteiger partial charge on any atom is -0.487 e. The summed E-state index contributed by atoms with van der Waals surface area (Å²) in [5, 5.41) is 0. The lowest BCUT2D eigenvalue weighted by Crippen LogP contribution is -2.31. The van der Waals surface area contributed by atoms with Crippen molar-refractivity contribution in [1.29, 1.82) is 0 Å². The topological polar surface area (TPSA) is 44.5 Å². The molecule has 1 aromatic rings. The molecule has 1 heterocycles. The normalized spacial score (nSPS) is 20.8. The Morgan fingerprint density at radius 1 is 1.53 bits per heavy atom. The number of hydrogen-bond donors (Lipinski definition) is 1. The Hall–Kier alpha value is -1.06. The second kappa shape index (κ2) is 4.64. The van der Waals surface area contributed by atoms with Gasteiger partial charge in [-0.3, -0.25) is 0 Å². The second-order valence-electron chi connectivity index (χ2n) is 3.83. The van der Waals surface area contributed by atoms with Crippen molar-refractivity contribution in [1.82, 2.24) is 0 Å². The Bertz CT molecular complexity index is 302. The standard InChI is InChI=1S/C12H17NO2/c1-9(14-7-6-13)12-8-10-4-2-3-5-11(10)15-12/h2-5,9,12H,6-8,13H2,1H3. The van der Waals surface area contributed by atoms with Crippen molar-refractivity contribution in [3.05, 3.63) is 29.8 Å². The SMILES string of the molecule is CC(OCCN)C1Cc2ccccc2O1. The number of rotatable bonds is 4. The molecule has 0 saturated carbocycles. The molecule has 2 atom stereocenters. The second-order valence-corrected chi connectivity index (χ2v) is 3.83. The summed E-state index contributed by atoms with van der Waals surface area (Å²) in [4.78, 5) is 0. The highest BCUT2D eigenvalue weighted by atomic mass is 16.5. The summed E-state index contributed by atoms with van der Waals surface area (Å²) in [7, 11) is 0. The molecule has 0 radical (unpaired) electrons. The molecule has 1 aliphatic rings. The van der Waals surface area contributed by atoms with E-state index in [1.54, 1.807) is 0 Å². The molecular weight excluding hydrogens is 190 g/mol. The first-order valence-corrected chi connectivity index (χ1v) is 5.37. The summed E-state index contributed by atoms with van der Waals surface area (Å²) in [6, 6.07) is 8.14. The molecule has 2 unspecified atom stereocenters. The summed E-state index contributed by atoms with van der Waals surface area (Å²) >= 11 is 0. The van der Waals surface area contributed by atoms with Crippen molar-refractivity contribution < 1.29 is 9.47 Å². The average molecular weight is 207 g/mol. The maximum atomic E-state index is 5.80. The van der Waals surface area contributed by atoms with Gasteiger partial charge in [0.2, 0.25) is 0 Å². The molecule has 2 N–H and O–H groups in total. The molecular formula is C12H17NO2. The average Bonchev–Trinajstić information content (AvgIpc) is 2.69. The highest BCUT2D eigenvalue weighted by Crippen LogP contribution is 2.29. The van der Waals surface area contributed by atoms with Crippen LogP contribution in [0.15, 0.2) is 24.3 Å². The smallest absolute Gasteiger partial charge is 0.129 e. The van der Waals surface area contributed by atoms with Gasteiger partial charge < -0.3 is 15.2 Å². The van der Waals surface area contributed by atoms with Crippen LogP contribution in [0.4, 0.5) is 0 Å². The molecule has 3 nitrogen and oxygen atoms in total. The zero-order valence-corrected chi connectivity index (χ0v) is 8.98. The molecule has 3 heteroatoms. The van der Waals surface area contributed by atoms with Crippen LogP contribution in [0.25, 0.3) is 0 Å². The Labute approximate surface area is 90.2 Å². The van der Waals surface area contributed by atoms with Crippen molar-refractivity contribution in [2.24, 2.45) is 5.73 Å². The zero-order chi connectivity index (χ0) is 10.7. The fourth-order valence-electron chi connectivity index (χ4n) is 1.83. The van der Waals surface area contributed by atoms with Crippen LogP contribution in [0.1, 0.15) is 12.5 Å². The highest BCUT2D eigenvalue weighted by Gasteiger charge is 2.27. The van der Waals surface area contributed by atoms with E-state index in [-0.39, 0.29) is 12.2 Å². The van der Waals surface area contributed by atoms with Gasteiger partial charge in [0.1, 0.15) is 11.9 Å². The summed E-state index contributed by atoms with van der Waals surface area (Å²) in [6.07, 6.45) is 1.16. The Morgan fingerprint density at radius 2 is 2.33 bits per heavy atom. The first-order valence-electron chi connectivity index (χ1n) is 5.37. The van der Waals surface area contributed by atoms with Gasteiger partial charge in [0, 0.05) is 13.0 Å². The molecule has 2 rings (SSSR count). The molecule has 1 aromatic carbocycles. The molecule has 0 fully saturated rings. The first kappa shape index (κ1) is 10.5. The van der Waals surface area contributed by atoms with Crippen molar-refractivity contribution in [2.45, 2.75) is 25.6 Å². The van der Waals surface area contributed by atoms with E-state index in [9.17, 15) is 0 Å². The van der Waals surface area contributed by atoms with Crippen LogP contribution in [0, 0.1) is 0 Å². The van der Waals surface area contributed by atoms with Crippen LogP contribution in [0.5, 0.6) is 5.75 Å². The summed E-state index contributed by atoms with van der Waals surface area (Å²) in [5.74, 6) is 0.991. The minimum absolute atomic E-state index is 0.0981. The van der Waals surface area contributed by atoms with Gasteiger partial charge in [-0.05, 0) is 18.6 Å². The predicted molar refractivity (Wildman–Crippen MR) is 59.0 cm³/mol. The summed E-state index contributed by atoms with van der Waals surface area (Å²) in [5.41, 5.74) is 6.66. The summed E-state index contributed by atoms with van der Waals surface area (Å²) in [6.45, 7) is 3.19. The van der Waals surface area contributed by atoms with Gasteiger partial charge in [-0.25, -0.2) is 0 Å². The Morgan fingerprint density at radius 3 is 3.07 bits per heavy atom. The van der Waals surface area contributed by atoms with Crippen molar-refractivity contribution >= 4 is 0 Å². The Kier molecular flexibility index (Phi) is 3.23. The van der Waals surface area contributed by atoms with Gasteiger partial charge in [0.25, 0.3) is 0 Å². The van der Waals surface area contributed by atoms with E-state index in [2.05, 4.69) is 6.07 Å². The predicted octanol–water partition coefficient (Wildman–Crippen LogP) is 1.35. The van der Waals surface area contributed by atoms with Crippen molar-refractivity contribution in [3.8, 4) is 5.75 Å². The lowest BCUT2D eigenvalue weighted by atomic mass is 10.1. The molecule has 0 aromatic heterocycles. The van der Waals surface area contributed by atoms with Crippen LogP contribution in [-0.2, 0) is 11.2 Å². The third-order valence-electron chi connectivity index (χ3n) is 2.69. The van der Waals surface area contributed by atoms with Gasteiger partial charge in [-0.15, -0.1) is 0 Å². The molecule has 0 aliphatic carbocycles. The number of fused-ring (bicyclic) bond motifs is 1. The van der Waals surface area contributed by atoms with Crippen LogP contribution < -0.4 is 10.5 Å². The third kappa shape index (κ3) is 2.30. The van der Waals surface area contributed by atoms with Gasteiger partial charge in [0.05, 0.1) is 12.7 Å². The molecule has 1 aliphatic heterocycles. The zero-order valence-electron chi connectivity index (χ0n) is 8.98. The maximum Gasteiger partial charge on any atom is 0.129 e. The van der Waals surface area contributed by atoms with E-state index < -0.39 is 0 Å². The van der Waals surface area contributed by atoms with Gasteiger partial charge in [-0.2, -0.15) is 0 Å². The number of ether oxygens (including phenoxy) is 2. The van der Waals surface area contributed by atoms with Gasteiger partial charge in [0.15, 0.2) is 0 Å². The van der Waals surface area contributed by atoms with Gasteiger partial charge in [-0.1, -0.05) is 18.2 Å².